The molecule has 0 saturated heterocycles. The zero-order valence-corrected chi connectivity index (χ0v) is 9.21. The molecule has 0 aliphatic rings. The van der Waals surface area contributed by atoms with E-state index in [1.807, 2.05) is 42.5 Å². The monoisotopic (exact) mass is 227 g/mol. The van der Waals surface area contributed by atoms with Crippen LogP contribution in [0.3, 0.4) is 0 Å². The fraction of sp³-hybridized carbons (Fsp3) is 0.0714. The van der Waals surface area contributed by atoms with Gasteiger partial charge in [0.25, 0.3) is 0 Å². The normalized spacial score (nSPS) is 12.1. The largest absolute Gasteiger partial charge is 0.480 e. The summed E-state index contributed by atoms with van der Waals surface area (Å²) in [6, 6.07) is 15.9. The van der Waals surface area contributed by atoms with Gasteiger partial charge in [0, 0.05) is 0 Å². The summed E-state index contributed by atoms with van der Waals surface area (Å²) < 4.78 is 0. The minimum Gasteiger partial charge on any atom is -0.480 e. The fourth-order valence-electron chi connectivity index (χ4n) is 1.78. The first kappa shape index (κ1) is 11.4. The Kier molecular flexibility index (Phi) is 3.21. The quantitative estimate of drug-likeness (QED) is 0.846. The third kappa shape index (κ3) is 2.34. The minimum absolute atomic E-state index is 0.631. The molecule has 0 aromatic heterocycles. The molecule has 1 atom stereocenters. The van der Waals surface area contributed by atoms with Crippen LogP contribution in [0.5, 0.6) is 0 Å². The second-order valence-electron chi connectivity index (χ2n) is 3.77. The van der Waals surface area contributed by atoms with Crippen LogP contribution in [0, 0.1) is 0 Å². The molecule has 0 heterocycles. The molecule has 3 N–H and O–H groups in total. The van der Waals surface area contributed by atoms with E-state index < -0.39 is 12.0 Å². The number of nitrogens with two attached hydrogens (primary N) is 1. The van der Waals surface area contributed by atoms with E-state index in [0.717, 1.165) is 11.1 Å². The van der Waals surface area contributed by atoms with Gasteiger partial charge in [-0.15, -0.1) is 0 Å². The SMILES string of the molecule is N[C@@H](C(=O)O)c1ccccc1-c1ccccc1. The average Bonchev–Trinajstić information content (AvgIpc) is 2.39. The molecule has 0 fully saturated rings. The van der Waals surface area contributed by atoms with E-state index in [4.69, 9.17) is 10.8 Å². The van der Waals surface area contributed by atoms with E-state index in [9.17, 15) is 4.79 Å². The Balaban J connectivity index is 2.52. The highest BCUT2D eigenvalue weighted by Gasteiger charge is 2.17. The van der Waals surface area contributed by atoms with Crippen LogP contribution in [0.1, 0.15) is 11.6 Å². The van der Waals surface area contributed by atoms with Gasteiger partial charge in [-0.2, -0.15) is 0 Å². The first-order valence-electron chi connectivity index (χ1n) is 5.33. The fourth-order valence-corrected chi connectivity index (χ4v) is 1.78. The van der Waals surface area contributed by atoms with E-state index in [2.05, 4.69) is 0 Å². The van der Waals surface area contributed by atoms with Crippen LogP contribution in [0.15, 0.2) is 54.6 Å². The van der Waals surface area contributed by atoms with Crippen LogP contribution in [0.25, 0.3) is 11.1 Å². The molecule has 3 nitrogen and oxygen atoms in total. The van der Waals surface area contributed by atoms with Gasteiger partial charge in [-0.25, -0.2) is 0 Å². The molecule has 2 rings (SSSR count). The molecule has 0 bridgehead atoms. The van der Waals surface area contributed by atoms with Crippen molar-refractivity contribution in [2.75, 3.05) is 0 Å². The molecule has 0 amide bonds. The molecule has 0 saturated carbocycles. The van der Waals surface area contributed by atoms with Crippen LogP contribution in [0.2, 0.25) is 0 Å². The molecule has 2 aromatic carbocycles. The minimum atomic E-state index is -1.02. The first-order chi connectivity index (χ1) is 8.20. The zero-order valence-electron chi connectivity index (χ0n) is 9.21. The predicted molar refractivity (Wildman–Crippen MR) is 66.4 cm³/mol. The average molecular weight is 227 g/mol. The molecule has 0 aliphatic heterocycles. The van der Waals surface area contributed by atoms with Gasteiger partial charge in [0.2, 0.25) is 0 Å². The third-order valence-electron chi connectivity index (χ3n) is 2.65. The molecule has 0 aliphatic carbocycles. The van der Waals surface area contributed by atoms with Crippen molar-refractivity contribution >= 4 is 5.97 Å². The summed E-state index contributed by atoms with van der Waals surface area (Å²) in [5, 5.41) is 8.98. The molecule has 0 radical (unpaired) electrons. The maximum Gasteiger partial charge on any atom is 0.325 e. The van der Waals surface area contributed by atoms with Gasteiger partial charge in [-0.05, 0) is 16.7 Å². The van der Waals surface area contributed by atoms with Gasteiger partial charge in [-0.3, -0.25) is 4.79 Å². The van der Waals surface area contributed by atoms with Crippen LogP contribution in [-0.2, 0) is 4.79 Å². The predicted octanol–water partition coefficient (Wildman–Crippen LogP) is 2.44. The van der Waals surface area contributed by atoms with Crippen molar-refractivity contribution in [1.29, 1.82) is 0 Å². The smallest absolute Gasteiger partial charge is 0.325 e. The second-order valence-corrected chi connectivity index (χ2v) is 3.77. The summed E-state index contributed by atoms with van der Waals surface area (Å²) in [6.45, 7) is 0. The van der Waals surface area contributed by atoms with Crippen LogP contribution in [0.4, 0.5) is 0 Å². The molecule has 17 heavy (non-hydrogen) atoms. The lowest BCUT2D eigenvalue weighted by Gasteiger charge is -2.12. The van der Waals surface area contributed by atoms with Crippen LogP contribution >= 0.6 is 0 Å². The van der Waals surface area contributed by atoms with Crippen LogP contribution in [-0.4, -0.2) is 11.1 Å². The third-order valence-corrected chi connectivity index (χ3v) is 2.65. The number of benzene rings is 2. The summed E-state index contributed by atoms with van der Waals surface area (Å²) in [5.41, 5.74) is 8.14. The molecular weight excluding hydrogens is 214 g/mol. The summed E-state index contributed by atoms with van der Waals surface area (Å²) in [5.74, 6) is -1.02. The number of rotatable bonds is 3. The van der Waals surface area contributed by atoms with E-state index in [1.165, 1.54) is 0 Å². The van der Waals surface area contributed by atoms with E-state index >= 15 is 0 Å². The Bertz CT molecular complexity index is 523. The Hall–Kier alpha value is -2.13. The van der Waals surface area contributed by atoms with Crippen molar-refractivity contribution in [1.82, 2.24) is 0 Å². The van der Waals surface area contributed by atoms with Gasteiger partial charge in [0.1, 0.15) is 6.04 Å². The number of hydrogen-bond donors (Lipinski definition) is 2. The molecule has 0 spiro atoms. The summed E-state index contributed by atoms with van der Waals surface area (Å²) in [4.78, 5) is 11.0. The Morgan fingerprint density at radius 3 is 2.24 bits per heavy atom. The number of hydrogen-bond acceptors (Lipinski definition) is 2. The van der Waals surface area contributed by atoms with Crippen molar-refractivity contribution in [2.24, 2.45) is 5.73 Å². The summed E-state index contributed by atoms with van der Waals surface area (Å²) in [7, 11) is 0. The van der Waals surface area contributed by atoms with Crippen LogP contribution < -0.4 is 5.73 Å². The maximum atomic E-state index is 11.0. The standard InChI is InChI=1S/C14H13NO2/c15-13(14(16)17)12-9-5-4-8-11(12)10-6-2-1-3-7-10/h1-9,13H,15H2,(H,16,17)/t13-/m1/s1. The maximum absolute atomic E-state index is 11.0. The molecule has 0 unspecified atom stereocenters. The second kappa shape index (κ2) is 4.80. The van der Waals surface area contributed by atoms with Crippen molar-refractivity contribution in [2.45, 2.75) is 6.04 Å². The number of carboxylic acid groups (broad SMARTS) is 1. The zero-order chi connectivity index (χ0) is 12.3. The number of carbonyl (C=O) groups is 1. The Morgan fingerprint density at radius 1 is 1.00 bits per heavy atom. The summed E-state index contributed by atoms with van der Waals surface area (Å²) >= 11 is 0. The van der Waals surface area contributed by atoms with Gasteiger partial charge < -0.3 is 10.8 Å². The van der Waals surface area contributed by atoms with Crippen molar-refractivity contribution in [3.63, 3.8) is 0 Å². The Labute approximate surface area is 99.5 Å². The number of aliphatic carboxylic acids is 1. The molecule has 2 aromatic rings. The van der Waals surface area contributed by atoms with Gasteiger partial charge >= 0.3 is 5.97 Å². The molecule has 3 heteroatoms. The lowest BCUT2D eigenvalue weighted by atomic mass is 9.95. The lowest BCUT2D eigenvalue weighted by Crippen LogP contribution is -2.21. The van der Waals surface area contributed by atoms with Crippen molar-refractivity contribution in [3.8, 4) is 11.1 Å². The van der Waals surface area contributed by atoms with Crippen molar-refractivity contribution < 1.29 is 9.90 Å². The van der Waals surface area contributed by atoms with Crippen molar-refractivity contribution in [3.05, 3.63) is 60.2 Å². The van der Waals surface area contributed by atoms with E-state index in [0.29, 0.717) is 5.56 Å². The van der Waals surface area contributed by atoms with E-state index in [1.54, 1.807) is 12.1 Å². The lowest BCUT2D eigenvalue weighted by molar-refractivity contribution is -0.138. The van der Waals surface area contributed by atoms with Gasteiger partial charge in [0.15, 0.2) is 0 Å². The van der Waals surface area contributed by atoms with E-state index in [-0.39, 0.29) is 0 Å². The highest BCUT2D eigenvalue weighted by Crippen LogP contribution is 2.27. The van der Waals surface area contributed by atoms with Gasteiger partial charge in [0.05, 0.1) is 0 Å². The Morgan fingerprint density at radius 2 is 1.59 bits per heavy atom. The molecular formula is C14H13NO2. The highest BCUT2D eigenvalue weighted by molar-refractivity contribution is 5.80. The molecule has 86 valence electrons. The first-order valence-corrected chi connectivity index (χ1v) is 5.33. The highest BCUT2D eigenvalue weighted by atomic mass is 16.4. The van der Waals surface area contributed by atoms with Gasteiger partial charge in [-0.1, -0.05) is 54.6 Å². The summed E-state index contributed by atoms with van der Waals surface area (Å²) in [6.07, 6.45) is 0. The number of carboxylic acids is 1. The topological polar surface area (TPSA) is 63.3 Å².